The standard InChI is InChI=1S/C21H26N4O2.ClH/c1-15(23-20(26)17-6-5-13-22-14-17)16-9-11-19(12-10-16)25-21(27)24-18-7-3-2-4-8-18;/h2-4,7-12,15,17,22H,5-6,13-14H2,1H3,(H,23,26)(H2,24,25,27);1H. The molecule has 150 valence electrons. The van der Waals surface area contributed by atoms with E-state index < -0.39 is 0 Å². The van der Waals surface area contributed by atoms with E-state index in [9.17, 15) is 9.59 Å². The number of anilines is 2. The Hall–Kier alpha value is -2.57. The van der Waals surface area contributed by atoms with E-state index in [1.807, 2.05) is 61.5 Å². The van der Waals surface area contributed by atoms with Crippen LogP contribution in [0.15, 0.2) is 54.6 Å². The summed E-state index contributed by atoms with van der Waals surface area (Å²) in [7, 11) is 0. The van der Waals surface area contributed by atoms with Crippen molar-refractivity contribution in [1.29, 1.82) is 0 Å². The number of piperidine rings is 1. The Labute approximate surface area is 171 Å². The maximum atomic E-state index is 12.4. The van der Waals surface area contributed by atoms with Crippen LogP contribution < -0.4 is 21.3 Å². The van der Waals surface area contributed by atoms with Crippen molar-refractivity contribution in [3.8, 4) is 0 Å². The molecule has 0 aliphatic carbocycles. The highest BCUT2D eigenvalue weighted by Gasteiger charge is 2.22. The minimum absolute atomic E-state index is 0. The van der Waals surface area contributed by atoms with Crippen molar-refractivity contribution in [1.82, 2.24) is 10.6 Å². The summed E-state index contributed by atoms with van der Waals surface area (Å²) < 4.78 is 0. The zero-order valence-corrected chi connectivity index (χ0v) is 16.7. The Kier molecular flexibility index (Phi) is 8.29. The second kappa shape index (κ2) is 10.7. The topological polar surface area (TPSA) is 82.3 Å². The molecule has 1 heterocycles. The second-order valence-corrected chi connectivity index (χ2v) is 6.84. The van der Waals surface area contributed by atoms with Crippen molar-refractivity contribution in [2.24, 2.45) is 5.92 Å². The normalized spacial score (nSPS) is 17.0. The first-order valence-electron chi connectivity index (χ1n) is 9.36. The summed E-state index contributed by atoms with van der Waals surface area (Å²) in [5.41, 5.74) is 2.43. The number of carbonyl (C=O) groups is 2. The first-order valence-corrected chi connectivity index (χ1v) is 9.36. The van der Waals surface area contributed by atoms with Crippen LogP contribution in [0.3, 0.4) is 0 Å². The van der Waals surface area contributed by atoms with Gasteiger partial charge >= 0.3 is 6.03 Å². The Morgan fingerprint density at radius 3 is 2.25 bits per heavy atom. The molecule has 2 unspecified atom stereocenters. The zero-order chi connectivity index (χ0) is 19.1. The van der Waals surface area contributed by atoms with Crippen molar-refractivity contribution >= 4 is 35.7 Å². The number of urea groups is 1. The predicted molar refractivity (Wildman–Crippen MR) is 115 cm³/mol. The lowest BCUT2D eigenvalue weighted by atomic mass is 9.98. The van der Waals surface area contributed by atoms with E-state index in [2.05, 4.69) is 21.3 Å². The molecule has 6 nitrogen and oxygen atoms in total. The molecule has 1 aliphatic rings. The fourth-order valence-electron chi connectivity index (χ4n) is 3.16. The van der Waals surface area contributed by atoms with E-state index in [4.69, 9.17) is 0 Å². The van der Waals surface area contributed by atoms with Gasteiger partial charge < -0.3 is 21.3 Å². The Balaban J connectivity index is 0.00000280. The van der Waals surface area contributed by atoms with Crippen LogP contribution in [-0.2, 0) is 4.79 Å². The Bertz CT molecular complexity index is 762. The largest absolute Gasteiger partial charge is 0.349 e. The summed E-state index contributed by atoms with van der Waals surface area (Å²) in [5.74, 6) is 0.142. The molecule has 2 atom stereocenters. The quantitative estimate of drug-likeness (QED) is 0.611. The van der Waals surface area contributed by atoms with Crippen molar-refractivity contribution in [3.63, 3.8) is 0 Å². The van der Waals surface area contributed by atoms with E-state index in [1.54, 1.807) is 0 Å². The monoisotopic (exact) mass is 402 g/mol. The minimum Gasteiger partial charge on any atom is -0.349 e. The van der Waals surface area contributed by atoms with Gasteiger partial charge in [-0.3, -0.25) is 4.79 Å². The van der Waals surface area contributed by atoms with Crippen LogP contribution in [0.4, 0.5) is 16.2 Å². The second-order valence-electron chi connectivity index (χ2n) is 6.84. The summed E-state index contributed by atoms with van der Waals surface area (Å²) in [5, 5.41) is 11.9. The molecule has 3 amide bonds. The van der Waals surface area contributed by atoms with Gasteiger partial charge in [0.05, 0.1) is 12.0 Å². The first kappa shape index (κ1) is 21.7. The summed E-state index contributed by atoms with van der Waals surface area (Å²) in [4.78, 5) is 24.4. The summed E-state index contributed by atoms with van der Waals surface area (Å²) in [6, 6.07) is 16.4. The number of hydrogen-bond acceptors (Lipinski definition) is 3. The summed E-state index contributed by atoms with van der Waals surface area (Å²) >= 11 is 0. The molecule has 1 saturated heterocycles. The van der Waals surface area contributed by atoms with Gasteiger partial charge in [0.2, 0.25) is 5.91 Å². The molecular weight excluding hydrogens is 376 g/mol. The Morgan fingerprint density at radius 1 is 1.00 bits per heavy atom. The van der Waals surface area contributed by atoms with Crippen molar-refractivity contribution in [2.45, 2.75) is 25.8 Å². The van der Waals surface area contributed by atoms with Crippen molar-refractivity contribution < 1.29 is 9.59 Å². The maximum Gasteiger partial charge on any atom is 0.323 e. The number of benzene rings is 2. The third-order valence-electron chi connectivity index (χ3n) is 4.73. The van der Waals surface area contributed by atoms with Gasteiger partial charge in [-0.2, -0.15) is 0 Å². The maximum absolute atomic E-state index is 12.4. The number of rotatable bonds is 5. The van der Waals surface area contributed by atoms with Gasteiger partial charge in [0.15, 0.2) is 0 Å². The van der Waals surface area contributed by atoms with Crippen LogP contribution in [0.25, 0.3) is 0 Å². The minimum atomic E-state index is -0.292. The number of amides is 3. The molecule has 28 heavy (non-hydrogen) atoms. The number of carbonyl (C=O) groups excluding carboxylic acids is 2. The van der Waals surface area contributed by atoms with Crippen LogP contribution in [0.2, 0.25) is 0 Å². The number of halogens is 1. The lowest BCUT2D eigenvalue weighted by molar-refractivity contribution is -0.126. The SMILES string of the molecule is CC(NC(=O)C1CCCNC1)c1ccc(NC(=O)Nc2ccccc2)cc1.Cl. The van der Waals surface area contributed by atoms with E-state index in [0.717, 1.165) is 37.2 Å². The van der Waals surface area contributed by atoms with Gasteiger partial charge in [0.1, 0.15) is 0 Å². The number of hydrogen-bond donors (Lipinski definition) is 4. The molecule has 2 aromatic carbocycles. The first-order chi connectivity index (χ1) is 13.1. The van der Waals surface area contributed by atoms with Gasteiger partial charge in [-0.05, 0) is 56.1 Å². The lowest BCUT2D eigenvalue weighted by Gasteiger charge is -2.24. The highest BCUT2D eigenvalue weighted by Crippen LogP contribution is 2.18. The molecular formula is C21H27ClN4O2. The van der Waals surface area contributed by atoms with Gasteiger partial charge in [0.25, 0.3) is 0 Å². The van der Waals surface area contributed by atoms with Crippen LogP contribution >= 0.6 is 12.4 Å². The molecule has 4 N–H and O–H groups in total. The third kappa shape index (κ3) is 6.25. The molecule has 1 aliphatic heterocycles. The van der Waals surface area contributed by atoms with Crippen LogP contribution in [-0.4, -0.2) is 25.0 Å². The molecule has 0 aromatic heterocycles. The van der Waals surface area contributed by atoms with E-state index in [1.165, 1.54) is 0 Å². The van der Waals surface area contributed by atoms with Gasteiger partial charge in [0, 0.05) is 17.9 Å². The van der Waals surface area contributed by atoms with Gasteiger partial charge in [-0.1, -0.05) is 30.3 Å². The van der Waals surface area contributed by atoms with Crippen LogP contribution in [0.1, 0.15) is 31.4 Å². The van der Waals surface area contributed by atoms with Gasteiger partial charge in [-0.25, -0.2) is 4.79 Å². The molecule has 0 saturated carbocycles. The van der Waals surface area contributed by atoms with E-state index in [0.29, 0.717) is 5.69 Å². The van der Waals surface area contributed by atoms with E-state index in [-0.39, 0.29) is 36.3 Å². The fourth-order valence-corrected chi connectivity index (χ4v) is 3.16. The van der Waals surface area contributed by atoms with Crippen LogP contribution in [0, 0.1) is 5.92 Å². The summed E-state index contributed by atoms with van der Waals surface area (Å²) in [6.07, 6.45) is 1.98. The molecule has 2 aromatic rings. The summed E-state index contributed by atoms with van der Waals surface area (Å²) in [6.45, 7) is 3.71. The highest BCUT2D eigenvalue weighted by atomic mass is 35.5. The number of nitrogens with one attached hydrogen (secondary N) is 4. The third-order valence-corrected chi connectivity index (χ3v) is 4.73. The Morgan fingerprint density at radius 2 is 1.64 bits per heavy atom. The average molecular weight is 403 g/mol. The molecule has 1 fully saturated rings. The molecule has 0 spiro atoms. The van der Waals surface area contributed by atoms with Crippen molar-refractivity contribution in [2.75, 3.05) is 23.7 Å². The van der Waals surface area contributed by atoms with E-state index >= 15 is 0 Å². The lowest BCUT2D eigenvalue weighted by Crippen LogP contribution is -2.41. The smallest absolute Gasteiger partial charge is 0.323 e. The predicted octanol–water partition coefficient (Wildman–Crippen LogP) is 3.93. The molecule has 3 rings (SSSR count). The number of para-hydroxylation sites is 1. The highest BCUT2D eigenvalue weighted by molar-refractivity contribution is 5.99. The fraction of sp³-hybridized carbons (Fsp3) is 0.333. The van der Waals surface area contributed by atoms with Gasteiger partial charge in [-0.15, -0.1) is 12.4 Å². The van der Waals surface area contributed by atoms with Crippen LogP contribution in [0.5, 0.6) is 0 Å². The van der Waals surface area contributed by atoms with Crippen molar-refractivity contribution in [3.05, 3.63) is 60.2 Å². The molecule has 7 heteroatoms. The molecule has 0 radical (unpaired) electrons. The average Bonchev–Trinajstić information content (AvgIpc) is 2.70. The zero-order valence-electron chi connectivity index (χ0n) is 15.9. The molecule has 0 bridgehead atoms.